The summed E-state index contributed by atoms with van der Waals surface area (Å²) >= 11 is 0. The first-order valence-corrected chi connectivity index (χ1v) is 27.7. The highest BCUT2D eigenvalue weighted by Crippen LogP contribution is 2.66. The molecule has 2 aliphatic heterocycles. The summed E-state index contributed by atoms with van der Waals surface area (Å²) in [4.78, 5) is 5.14. The largest absolute Gasteiger partial charge is 0.313 e. The SMILES string of the molecule is CC1C=CC=C2C1c1ccccc1N2c1ccc2c(c1)C1(c3cc(N4C5=CC=CCC5c5ccccc54)ccc3-2)c2cc(-n3c4ccccc4c4ccccc43)ccc2-c2ccc(-n3c4ccccc4c4ccccc43)cc21. The lowest BCUT2D eigenvalue weighted by atomic mass is 9.70. The number of allylic oxidation sites excluding steroid dienone is 8. The zero-order valence-electron chi connectivity index (χ0n) is 43.0. The maximum absolute atomic E-state index is 2.59. The van der Waals surface area contributed by atoms with Crippen LogP contribution < -0.4 is 9.80 Å². The van der Waals surface area contributed by atoms with E-state index in [2.05, 4.69) is 281 Å². The maximum Gasteiger partial charge on any atom is 0.0728 e. The highest BCUT2D eigenvalue weighted by Gasteiger charge is 2.53. The van der Waals surface area contributed by atoms with Gasteiger partial charge < -0.3 is 18.9 Å². The van der Waals surface area contributed by atoms with Gasteiger partial charge in [0.25, 0.3) is 0 Å². The van der Waals surface area contributed by atoms with Crippen molar-refractivity contribution in [2.45, 2.75) is 30.6 Å². The molecule has 18 rings (SSSR count). The van der Waals surface area contributed by atoms with Crippen LogP contribution in [0.25, 0.3) is 77.2 Å². The van der Waals surface area contributed by atoms with E-state index in [4.69, 9.17) is 0 Å². The Hall–Kier alpha value is -9.64. The van der Waals surface area contributed by atoms with E-state index in [1.807, 2.05) is 0 Å². The van der Waals surface area contributed by atoms with Crippen LogP contribution in [0.3, 0.4) is 0 Å². The molecule has 12 aromatic rings. The second-order valence-electron chi connectivity index (χ2n) is 22.3. The van der Waals surface area contributed by atoms with Gasteiger partial charge in [0.1, 0.15) is 0 Å². The van der Waals surface area contributed by atoms with Crippen molar-refractivity contribution in [2.24, 2.45) is 5.92 Å². The van der Waals surface area contributed by atoms with Crippen LogP contribution in [0.15, 0.2) is 266 Å². The molecule has 6 aliphatic rings. The van der Waals surface area contributed by atoms with Crippen LogP contribution in [0.4, 0.5) is 22.7 Å². The van der Waals surface area contributed by atoms with Crippen LogP contribution in [0.5, 0.6) is 0 Å². The van der Waals surface area contributed by atoms with Gasteiger partial charge in [-0.2, -0.15) is 0 Å². The number of para-hydroxylation sites is 6. The molecule has 4 heteroatoms. The summed E-state index contributed by atoms with van der Waals surface area (Å²) in [7, 11) is 0. The number of hydrogen-bond acceptors (Lipinski definition) is 2. The second kappa shape index (κ2) is 15.5. The van der Waals surface area contributed by atoms with Gasteiger partial charge in [-0.15, -0.1) is 0 Å². The van der Waals surface area contributed by atoms with Crippen molar-refractivity contribution in [3.8, 4) is 33.6 Å². The van der Waals surface area contributed by atoms with Gasteiger partial charge in [0.05, 0.1) is 27.5 Å². The van der Waals surface area contributed by atoms with E-state index in [1.165, 1.54) is 133 Å². The highest BCUT2D eigenvalue weighted by molar-refractivity contribution is 6.11. The number of rotatable bonds is 4. The summed E-state index contributed by atoms with van der Waals surface area (Å²) in [5.74, 6) is 0.957. The van der Waals surface area contributed by atoms with Crippen LogP contribution in [0, 0.1) is 5.92 Å². The Labute approximate surface area is 452 Å². The fourth-order valence-corrected chi connectivity index (χ4v) is 15.5. The van der Waals surface area contributed by atoms with Crippen LogP contribution >= 0.6 is 0 Å². The van der Waals surface area contributed by atoms with Gasteiger partial charge in [0, 0.05) is 78.9 Å². The van der Waals surface area contributed by atoms with Gasteiger partial charge in [0.2, 0.25) is 0 Å². The van der Waals surface area contributed by atoms with E-state index in [0.717, 1.165) is 17.8 Å². The standard InChI is InChI=1S/C74H50N4/c1-45-17-16-32-72-73(45)60-24-8-15-31-71(60)78(72)49-36-40-53-52-39-35-48(77-69-29-13-6-22-58(69)59-23-7-14-30-70(59)77)43-63(52)74(64(53)44-49)61-41-46(75-65-25-9-2-18-54(65)55-19-3-10-26-66(55)75)33-37-50(61)51-38-34-47(42-62(51)74)76-67-27-11-4-20-56(67)57-21-5-12-28-68(57)76/h2-22,24-45,59,73H,23H2,1H3. The molecule has 4 nitrogen and oxygen atoms in total. The molecule has 2 aromatic heterocycles. The molecule has 10 aromatic carbocycles. The molecule has 366 valence electrons. The first-order chi connectivity index (χ1) is 38.6. The number of nitrogens with zero attached hydrogens (tertiary/aromatic N) is 4. The molecule has 0 amide bonds. The van der Waals surface area contributed by atoms with E-state index >= 15 is 0 Å². The van der Waals surface area contributed by atoms with E-state index in [0.29, 0.717) is 11.8 Å². The minimum atomic E-state index is -0.739. The zero-order valence-corrected chi connectivity index (χ0v) is 43.0. The topological polar surface area (TPSA) is 16.3 Å². The van der Waals surface area contributed by atoms with Crippen molar-refractivity contribution in [3.05, 3.63) is 300 Å². The van der Waals surface area contributed by atoms with Gasteiger partial charge in [-0.3, -0.25) is 0 Å². The lowest BCUT2D eigenvalue weighted by molar-refractivity contribution is 0.618. The lowest BCUT2D eigenvalue weighted by Gasteiger charge is -2.33. The van der Waals surface area contributed by atoms with E-state index in [-0.39, 0.29) is 5.92 Å². The Morgan fingerprint density at radius 2 is 0.782 bits per heavy atom. The van der Waals surface area contributed by atoms with Crippen LogP contribution in [0.2, 0.25) is 0 Å². The zero-order chi connectivity index (χ0) is 51.0. The van der Waals surface area contributed by atoms with Crippen molar-refractivity contribution in [1.82, 2.24) is 9.13 Å². The molecule has 0 saturated heterocycles. The van der Waals surface area contributed by atoms with Gasteiger partial charge in [-0.1, -0.05) is 165 Å². The number of aromatic nitrogens is 2. The van der Waals surface area contributed by atoms with Crippen molar-refractivity contribution in [2.75, 3.05) is 9.80 Å². The van der Waals surface area contributed by atoms with Crippen molar-refractivity contribution < 1.29 is 0 Å². The maximum atomic E-state index is 2.59. The molecule has 0 N–H and O–H groups in total. The van der Waals surface area contributed by atoms with Gasteiger partial charge in [-0.25, -0.2) is 0 Å². The van der Waals surface area contributed by atoms with E-state index in [9.17, 15) is 0 Å². The van der Waals surface area contributed by atoms with Crippen molar-refractivity contribution in [3.63, 3.8) is 0 Å². The molecule has 0 fully saturated rings. The number of benzene rings is 10. The highest BCUT2D eigenvalue weighted by atomic mass is 15.2. The molecule has 0 radical (unpaired) electrons. The Morgan fingerprint density at radius 1 is 0.385 bits per heavy atom. The Kier molecular flexibility index (Phi) is 8.46. The van der Waals surface area contributed by atoms with Crippen molar-refractivity contribution >= 4 is 66.4 Å². The minimum Gasteiger partial charge on any atom is -0.313 e. The summed E-state index contributed by atoms with van der Waals surface area (Å²) < 4.78 is 5.01. The van der Waals surface area contributed by atoms with Gasteiger partial charge >= 0.3 is 0 Å². The molecule has 1 spiro atoms. The van der Waals surface area contributed by atoms with Gasteiger partial charge in [-0.05, 0) is 165 Å². The monoisotopic (exact) mass is 994 g/mol. The number of anilines is 4. The number of fused-ring (bicyclic) bond motifs is 22. The quantitative estimate of drug-likeness (QED) is 0.175. The van der Waals surface area contributed by atoms with Crippen LogP contribution in [0.1, 0.15) is 58.6 Å². The molecule has 0 bridgehead atoms. The Balaban J connectivity index is 0.965. The van der Waals surface area contributed by atoms with Crippen molar-refractivity contribution in [1.29, 1.82) is 0 Å². The first kappa shape index (κ1) is 42.6. The Morgan fingerprint density at radius 3 is 1.29 bits per heavy atom. The first-order valence-electron chi connectivity index (χ1n) is 27.7. The fraction of sp³-hybridized carbons (Fsp3) is 0.0811. The summed E-state index contributed by atoms with van der Waals surface area (Å²) in [6.45, 7) is 2.37. The van der Waals surface area contributed by atoms with Crippen LogP contribution in [-0.4, -0.2) is 9.13 Å². The third-order valence-corrected chi connectivity index (χ3v) is 18.6. The fourth-order valence-electron chi connectivity index (χ4n) is 15.5. The normalized spacial score (nSPS) is 18.5. The third kappa shape index (κ3) is 5.39. The molecule has 4 aliphatic carbocycles. The summed E-state index contributed by atoms with van der Waals surface area (Å²) in [5.41, 5.74) is 27.1. The molecule has 3 atom stereocenters. The molecular formula is C74H50N4. The summed E-state index contributed by atoms with van der Waals surface area (Å²) in [6, 6.07) is 83.5. The molecule has 0 saturated carbocycles. The van der Waals surface area contributed by atoms with E-state index < -0.39 is 5.41 Å². The minimum absolute atomic E-state index is 0.278. The molecule has 3 unspecified atom stereocenters. The Bertz CT molecular complexity index is 4510. The smallest absolute Gasteiger partial charge is 0.0728 e. The average molecular weight is 995 g/mol. The van der Waals surface area contributed by atoms with Crippen LogP contribution in [-0.2, 0) is 5.41 Å². The van der Waals surface area contributed by atoms with Gasteiger partial charge in [0.15, 0.2) is 0 Å². The molecular weight excluding hydrogens is 945 g/mol. The second-order valence-corrected chi connectivity index (χ2v) is 22.3. The summed E-state index contributed by atoms with van der Waals surface area (Å²) in [5, 5.41) is 5.04. The third-order valence-electron chi connectivity index (χ3n) is 18.6. The number of hydrogen-bond donors (Lipinski definition) is 0. The predicted octanol–water partition coefficient (Wildman–Crippen LogP) is 18.6. The predicted molar refractivity (Wildman–Crippen MR) is 322 cm³/mol. The van der Waals surface area contributed by atoms with E-state index in [1.54, 1.807) is 0 Å². The average Bonchev–Trinajstić information content (AvgIpc) is 3.84. The lowest BCUT2D eigenvalue weighted by Crippen LogP contribution is -2.27. The summed E-state index contributed by atoms with van der Waals surface area (Å²) in [6.07, 6.45) is 14.9. The molecule has 4 heterocycles. The molecule has 78 heavy (non-hydrogen) atoms.